The zero-order valence-corrected chi connectivity index (χ0v) is 13.2. The Kier molecular flexibility index (Phi) is 3.00. The van der Waals surface area contributed by atoms with Gasteiger partial charge in [0, 0.05) is 16.9 Å². The molecule has 1 atom stereocenters. The number of benzene rings is 2. The number of H-pyrrole nitrogens is 1. The normalized spacial score (nSPS) is 15.4. The van der Waals surface area contributed by atoms with E-state index in [1.807, 2.05) is 12.1 Å². The summed E-state index contributed by atoms with van der Waals surface area (Å²) in [5.41, 5.74) is 1.92. The number of aromatic nitrogens is 2. The fourth-order valence-corrected chi connectivity index (χ4v) is 3.49. The number of para-hydroxylation sites is 1. The van der Waals surface area contributed by atoms with Crippen LogP contribution < -0.4 is 10.9 Å². The van der Waals surface area contributed by atoms with Crippen LogP contribution in [0.5, 0.6) is 0 Å². The molecule has 5 nitrogen and oxygen atoms in total. The Morgan fingerprint density at radius 1 is 1.08 bits per heavy atom. The van der Waals surface area contributed by atoms with Crippen molar-refractivity contribution in [2.75, 3.05) is 5.32 Å². The van der Waals surface area contributed by atoms with Crippen molar-refractivity contribution < 1.29 is 13.2 Å². The van der Waals surface area contributed by atoms with Gasteiger partial charge < -0.3 is 9.73 Å². The summed E-state index contributed by atoms with van der Waals surface area (Å²) in [6, 6.07) is 10.7. The number of anilines is 2. The lowest BCUT2D eigenvalue weighted by molar-refractivity contribution is 0.506. The van der Waals surface area contributed by atoms with Gasteiger partial charge in [-0.25, -0.2) is 13.6 Å². The molecule has 7 heteroatoms. The summed E-state index contributed by atoms with van der Waals surface area (Å²) in [6.07, 6.45) is 1.56. The molecule has 0 radical (unpaired) electrons. The molecule has 0 fully saturated rings. The maximum absolute atomic E-state index is 13.9. The van der Waals surface area contributed by atoms with Crippen LogP contribution in [0.15, 0.2) is 57.9 Å². The summed E-state index contributed by atoms with van der Waals surface area (Å²) in [6.45, 7) is 0. The van der Waals surface area contributed by atoms with Crippen LogP contribution in [0.1, 0.15) is 22.6 Å². The van der Waals surface area contributed by atoms with Crippen molar-refractivity contribution in [1.82, 2.24) is 10.2 Å². The molecular formula is C19H11F2N3O2. The first-order valence-electron chi connectivity index (χ1n) is 7.94. The van der Waals surface area contributed by atoms with E-state index < -0.39 is 23.2 Å². The van der Waals surface area contributed by atoms with E-state index in [2.05, 4.69) is 15.5 Å². The minimum atomic E-state index is -0.974. The van der Waals surface area contributed by atoms with Crippen molar-refractivity contribution in [3.05, 3.63) is 87.4 Å². The highest BCUT2D eigenvalue weighted by molar-refractivity contribution is 5.95. The average Bonchev–Trinajstić information content (AvgIpc) is 3.11. The molecule has 4 aromatic rings. The molecule has 0 bridgehead atoms. The number of rotatable bonds is 1. The van der Waals surface area contributed by atoms with Crippen molar-refractivity contribution >= 4 is 22.5 Å². The van der Waals surface area contributed by atoms with Gasteiger partial charge >= 0.3 is 5.63 Å². The van der Waals surface area contributed by atoms with Crippen LogP contribution in [0.2, 0.25) is 0 Å². The molecule has 5 rings (SSSR count). The Morgan fingerprint density at radius 2 is 1.92 bits per heavy atom. The van der Waals surface area contributed by atoms with Gasteiger partial charge in [0.25, 0.3) is 0 Å². The lowest BCUT2D eigenvalue weighted by atomic mass is 9.83. The zero-order valence-electron chi connectivity index (χ0n) is 13.2. The monoisotopic (exact) mass is 351 g/mol. The first-order chi connectivity index (χ1) is 12.6. The molecule has 2 aromatic carbocycles. The van der Waals surface area contributed by atoms with E-state index >= 15 is 0 Å². The summed E-state index contributed by atoms with van der Waals surface area (Å²) >= 11 is 0. The number of halogens is 2. The molecular weight excluding hydrogens is 340 g/mol. The topological polar surface area (TPSA) is 70.9 Å². The average molecular weight is 351 g/mol. The van der Waals surface area contributed by atoms with Gasteiger partial charge in [-0.3, -0.25) is 5.10 Å². The van der Waals surface area contributed by atoms with Crippen LogP contribution >= 0.6 is 0 Å². The first kappa shape index (κ1) is 14.8. The van der Waals surface area contributed by atoms with Crippen LogP contribution in [0, 0.1) is 11.6 Å². The number of hydrogen-bond acceptors (Lipinski definition) is 4. The Hall–Kier alpha value is -3.48. The predicted molar refractivity (Wildman–Crippen MR) is 91.7 cm³/mol. The molecule has 2 N–H and O–H groups in total. The Labute approximate surface area is 145 Å². The summed E-state index contributed by atoms with van der Waals surface area (Å²) in [7, 11) is 0. The van der Waals surface area contributed by atoms with Gasteiger partial charge in [0.05, 0.1) is 17.4 Å². The van der Waals surface area contributed by atoms with Crippen LogP contribution in [-0.2, 0) is 0 Å². The maximum Gasteiger partial charge on any atom is 0.342 e. The van der Waals surface area contributed by atoms with Gasteiger partial charge in [0.2, 0.25) is 0 Å². The van der Waals surface area contributed by atoms with E-state index in [1.54, 1.807) is 18.3 Å². The second kappa shape index (κ2) is 5.26. The molecule has 1 aliphatic rings. The van der Waals surface area contributed by atoms with Crippen molar-refractivity contribution in [3.8, 4) is 0 Å². The highest BCUT2D eigenvalue weighted by Gasteiger charge is 2.33. The maximum atomic E-state index is 13.9. The number of fused-ring (bicyclic) bond motifs is 4. The van der Waals surface area contributed by atoms with E-state index in [0.717, 1.165) is 17.5 Å². The number of nitrogens with zero attached hydrogens (tertiary/aromatic N) is 1. The second-order valence-electron chi connectivity index (χ2n) is 6.11. The quantitative estimate of drug-likeness (QED) is 0.447. The fourth-order valence-electron chi connectivity index (χ4n) is 3.49. The number of hydrogen-bond donors (Lipinski definition) is 2. The molecule has 3 heterocycles. The Morgan fingerprint density at radius 3 is 2.77 bits per heavy atom. The molecule has 1 aliphatic heterocycles. The van der Waals surface area contributed by atoms with E-state index in [-0.39, 0.29) is 0 Å². The van der Waals surface area contributed by atoms with Crippen molar-refractivity contribution in [3.63, 3.8) is 0 Å². The number of nitrogens with one attached hydrogen (secondary N) is 2. The molecule has 0 saturated carbocycles. The highest BCUT2D eigenvalue weighted by atomic mass is 19.2. The van der Waals surface area contributed by atoms with Gasteiger partial charge in [0.15, 0.2) is 11.6 Å². The fraction of sp³-hybridized carbons (Fsp3) is 0.0526. The van der Waals surface area contributed by atoms with Gasteiger partial charge in [-0.1, -0.05) is 18.2 Å². The Balaban J connectivity index is 1.86. The molecule has 0 unspecified atom stereocenters. The van der Waals surface area contributed by atoms with Crippen molar-refractivity contribution in [2.45, 2.75) is 5.92 Å². The third kappa shape index (κ3) is 2.00. The molecule has 2 aromatic heterocycles. The Bertz CT molecular complexity index is 1230. The van der Waals surface area contributed by atoms with E-state index in [9.17, 15) is 13.6 Å². The SMILES string of the molecule is O=c1oc2ccccc2c2c1[C@@H](c1ccc(F)c(F)c1)c1cn[nH]c1N2. The summed E-state index contributed by atoms with van der Waals surface area (Å²) in [5.74, 6) is -1.95. The summed E-state index contributed by atoms with van der Waals surface area (Å²) in [4.78, 5) is 12.7. The van der Waals surface area contributed by atoms with Crippen LogP contribution in [0.3, 0.4) is 0 Å². The van der Waals surface area contributed by atoms with Gasteiger partial charge in [-0.15, -0.1) is 0 Å². The van der Waals surface area contributed by atoms with Gasteiger partial charge in [-0.05, 0) is 29.8 Å². The van der Waals surface area contributed by atoms with Gasteiger partial charge in [-0.2, -0.15) is 5.10 Å². The second-order valence-corrected chi connectivity index (χ2v) is 6.11. The molecule has 0 spiro atoms. The van der Waals surface area contributed by atoms with E-state index in [4.69, 9.17) is 4.42 Å². The first-order valence-corrected chi connectivity index (χ1v) is 7.94. The van der Waals surface area contributed by atoms with E-state index in [0.29, 0.717) is 33.8 Å². The third-order valence-electron chi connectivity index (χ3n) is 4.64. The third-order valence-corrected chi connectivity index (χ3v) is 4.64. The molecule has 26 heavy (non-hydrogen) atoms. The minimum Gasteiger partial charge on any atom is -0.422 e. The summed E-state index contributed by atoms with van der Waals surface area (Å²) in [5, 5.41) is 10.8. The van der Waals surface area contributed by atoms with Crippen LogP contribution in [0.4, 0.5) is 20.3 Å². The molecule has 128 valence electrons. The van der Waals surface area contributed by atoms with Crippen molar-refractivity contribution in [2.24, 2.45) is 0 Å². The van der Waals surface area contributed by atoms with E-state index in [1.165, 1.54) is 6.07 Å². The van der Waals surface area contributed by atoms with Crippen molar-refractivity contribution in [1.29, 1.82) is 0 Å². The number of aromatic amines is 1. The molecule has 0 amide bonds. The summed E-state index contributed by atoms with van der Waals surface area (Å²) < 4.78 is 32.7. The lowest BCUT2D eigenvalue weighted by Gasteiger charge is -2.26. The molecule has 0 aliphatic carbocycles. The predicted octanol–water partition coefficient (Wildman–Crippen LogP) is 4.03. The van der Waals surface area contributed by atoms with Crippen LogP contribution in [-0.4, -0.2) is 10.2 Å². The minimum absolute atomic E-state index is 0.337. The highest BCUT2D eigenvalue weighted by Crippen LogP contribution is 2.44. The smallest absolute Gasteiger partial charge is 0.342 e. The van der Waals surface area contributed by atoms with Crippen LogP contribution in [0.25, 0.3) is 11.0 Å². The van der Waals surface area contributed by atoms with Gasteiger partial charge in [0.1, 0.15) is 11.4 Å². The molecule has 0 saturated heterocycles. The zero-order chi connectivity index (χ0) is 17.8. The largest absolute Gasteiger partial charge is 0.422 e. The standard InChI is InChI=1S/C19H11F2N3O2/c20-12-6-5-9(7-13(12)21)15-11-8-22-24-18(11)23-17-10-3-1-2-4-14(10)26-19(25)16(15)17/h1-8,15H,(H2,22,23,24)/t15-/m0/s1. The lowest BCUT2D eigenvalue weighted by Crippen LogP contribution is -2.22.